The van der Waals surface area contributed by atoms with Crippen molar-refractivity contribution >= 4 is 48.8 Å². The molecular weight excluding hydrogens is 332 g/mol. The van der Waals surface area contributed by atoms with Gasteiger partial charge in [-0.25, -0.2) is 0 Å². The van der Waals surface area contributed by atoms with E-state index in [4.69, 9.17) is 11.6 Å². The van der Waals surface area contributed by atoms with Crippen molar-refractivity contribution in [3.05, 3.63) is 0 Å². The Morgan fingerprint density at radius 1 is 0.895 bits per heavy atom. The number of hydrogen-bond acceptors (Lipinski definition) is 3. The predicted octanol–water partition coefficient (Wildman–Crippen LogP) is 1.24. The summed E-state index contributed by atoms with van der Waals surface area (Å²) < 4.78 is 0. The van der Waals surface area contributed by atoms with E-state index in [0.717, 1.165) is 12.4 Å². The summed E-state index contributed by atoms with van der Waals surface area (Å²) in [5, 5.41) is 0. The normalized spacial score (nSPS) is 15.8. The third-order valence-electron chi connectivity index (χ3n) is 2.95. The van der Waals surface area contributed by atoms with Crippen molar-refractivity contribution in [3.8, 4) is 0 Å². The van der Waals surface area contributed by atoms with Crippen molar-refractivity contribution in [1.82, 2.24) is 14.7 Å². The summed E-state index contributed by atoms with van der Waals surface area (Å²) in [6, 6.07) is 0. The Labute approximate surface area is 141 Å². The average molecular weight is 361 g/mol. The van der Waals surface area contributed by atoms with Gasteiger partial charge >= 0.3 is 0 Å². The van der Waals surface area contributed by atoms with Crippen LogP contribution in [-0.2, 0) is 0 Å². The molecule has 1 aliphatic heterocycles. The van der Waals surface area contributed by atoms with Crippen LogP contribution in [0.15, 0.2) is 0 Å². The molecule has 0 aromatic rings. The Morgan fingerprint density at radius 3 is 1.68 bits per heavy atom. The van der Waals surface area contributed by atoms with Crippen molar-refractivity contribution in [3.63, 3.8) is 0 Å². The van der Waals surface area contributed by atoms with E-state index in [1.807, 2.05) is 0 Å². The fourth-order valence-electron chi connectivity index (χ4n) is 1.97. The number of nitrogens with zero attached hydrogens (tertiary/aromatic N) is 3. The van der Waals surface area contributed by atoms with E-state index < -0.39 is 0 Å². The molecule has 0 aromatic heterocycles. The topological polar surface area (TPSA) is 41.2 Å². The molecule has 0 aliphatic carbocycles. The standard InChI is InChI=1S/C11H24ClN3.3ClH.H2O/c1-13(2)5-3-6-14-8-10-15(7-4-12)11-9-14;;;;/h3-11H2,1-2H3;3*1H;1H2. The maximum absolute atomic E-state index is 5.73. The number of alkyl halides is 1. The van der Waals surface area contributed by atoms with Gasteiger partial charge in [0.05, 0.1) is 0 Å². The number of piperazine rings is 1. The highest BCUT2D eigenvalue weighted by Gasteiger charge is 2.15. The Balaban J connectivity index is -0.000000281. The Hall–Kier alpha value is 1.00. The van der Waals surface area contributed by atoms with E-state index in [1.54, 1.807) is 0 Å². The van der Waals surface area contributed by atoms with Crippen LogP contribution < -0.4 is 0 Å². The molecule has 0 aromatic carbocycles. The first kappa shape index (κ1) is 28.2. The van der Waals surface area contributed by atoms with Crippen molar-refractivity contribution in [2.24, 2.45) is 0 Å². The summed E-state index contributed by atoms with van der Waals surface area (Å²) in [5.41, 5.74) is 0. The summed E-state index contributed by atoms with van der Waals surface area (Å²) in [4.78, 5) is 7.27. The molecule has 0 unspecified atom stereocenters. The molecule has 19 heavy (non-hydrogen) atoms. The maximum Gasteiger partial charge on any atom is 0.0351 e. The van der Waals surface area contributed by atoms with Gasteiger partial charge in [-0.15, -0.1) is 48.8 Å². The van der Waals surface area contributed by atoms with Crippen LogP contribution >= 0.6 is 48.8 Å². The van der Waals surface area contributed by atoms with E-state index >= 15 is 0 Å². The lowest BCUT2D eigenvalue weighted by Gasteiger charge is -2.34. The minimum atomic E-state index is 0. The van der Waals surface area contributed by atoms with Crippen LogP contribution in [-0.4, -0.2) is 86.0 Å². The Kier molecular flexibility index (Phi) is 25.3. The summed E-state index contributed by atoms with van der Waals surface area (Å²) >= 11 is 5.73. The lowest BCUT2D eigenvalue weighted by atomic mass is 10.3. The van der Waals surface area contributed by atoms with Crippen LogP contribution in [0, 0.1) is 0 Å². The smallest absolute Gasteiger partial charge is 0.0351 e. The van der Waals surface area contributed by atoms with E-state index in [0.29, 0.717) is 0 Å². The van der Waals surface area contributed by atoms with Gasteiger partial charge in [0.25, 0.3) is 0 Å². The molecule has 8 heteroatoms. The Bertz CT molecular complexity index is 170. The molecule has 1 aliphatic rings. The number of rotatable bonds is 6. The highest BCUT2D eigenvalue weighted by atomic mass is 35.5. The van der Waals surface area contributed by atoms with E-state index in [-0.39, 0.29) is 42.7 Å². The molecule has 1 saturated heterocycles. The molecule has 0 spiro atoms. The summed E-state index contributed by atoms with van der Waals surface area (Å²) in [6.07, 6.45) is 1.28. The minimum Gasteiger partial charge on any atom is -0.412 e. The van der Waals surface area contributed by atoms with Gasteiger partial charge < -0.3 is 15.3 Å². The molecule has 0 atom stereocenters. The molecule has 0 bridgehead atoms. The van der Waals surface area contributed by atoms with Crippen LogP contribution in [0.3, 0.4) is 0 Å². The van der Waals surface area contributed by atoms with Gasteiger partial charge in [-0.3, -0.25) is 4.90 Å². The van der Waals surface area contributed by atoms with Crippen molar-refractivity contribution in [1.29, 1.82) is 0 Å². The summed E-state index contributed by atoms with van der Waals surface area (Å²) in [6.45, 7) is 8.29. The molecule has 0 saturated carbocycles. The van der Waals surface area contributed by atoms with Crippen LogP contribution in [0.25, 0.3) is 0 Å². The lowest BCUT2D eigenvalue weighted by Crippen LogP contribution is -2.47. The summed E-state index contributed by atoms with van der Waals surface area (Å²) in [7, 11) is 4.27. The van der Waals surface area contributed by atoms with Crippen molar-refractivity contribution < 1.29 is 5.48 Å². The molecular formula is C11H29Cl4N3O. The van der Waals surface area contributed by atoms with Gasteiger partial charge in [-0.1, -0.05) is 0 Å². The second kappa shape index (κ2) is 17.1. The van der Waals surface area contributed by atoms with Crippen LogP contribution in [0.1, 0.15) is 6.42 Å². The molecule has 2 N–H and O–H groups in total. The van der Waals surface area contributed by atoms with Crippen molar-refractivity contribution in [2.45, 2.75) is 6.42 Å². The first-order chi connectivity index (χ1) is 7.22. The lowest BCUT2D eigenvalue weighted by molar-refractivity contribution is 0.134. The zero-order valence-corrected chi connectivity index (χ0v) is 15.0. The monoisotopic (exact) mass is 359 g/mol. The number of hydrogen-bond donors (Lipinski definition) is 0. The highest BCUT2D eigenvalue weighted by Crippen LogP contribution is 2.02. The highest BCUT2D eigenvalue weighted by molar-refractivity contribution is 6.18. The van der Waals surface area contributed by atoms with Crippen LogP contribution in [0.4, 0.5) is 0 Å². The van der Waals surface area contributed by atoms with Crippen LogP contribution in [0.2, 0.25) is 0 Å². The molecule has 4 nitrogen and oxygen atoms in total. The first-order valence-corrected chi connectivity index (χ1v) is 6.41. The third kappa shape index (κ3) is 13.7. The molecule has 122 valence electrons. The van der Waals surface area contributed by atoms with Gasteiger partial charge in [0.15, 0.2) is 0 Å². The van der Waals surface area contributed by atoms with E-state index in [2.05, 4.69) is 28.8 Å². The predicted molar refractivity (Wildman–Crippen MR) is 92.1 cm³/mol. The molecule has 1 rings (SSSR count). The van der Waals surface area contributed by atoms with Gasteiger partial charge in [0.2, 0.25) is 0 Å². The average Bonchev–Trinajstić information content (AvgIpc) is 2.20. The molecule has 1 fully saturated rings. The minimum absolute atomic E-state index is 0. The van der Waals surface area contributed by atoms with Gasteiger partial charge in [0, 0.05) is 38.6 Å². The first-order valence-electron chi connectivity index (χ1n) is 5.88. The van der Waals surface area contributed by atoms with E-state index in [9.17, 15) is 0 Å². The molecule has 0 radical (unpaired) electrons. The van der Waals surface area contributed by atoms with Gasteiger partial charge in [-0.2, -0.15) is 0 Å². The maximum atomic E-state index is 5.73. The second-order valence-electron chi connectivity index (χ2n) is 4.53. The Morgan fingerprint density at radius 2 is 1.32 bits per heavy atom. The molecule has 0 amide bonds. The largest absolute Gasteiger partial charge is 0.412 e. The van der Waals surface area contributed by atoms with Crippen molar-refractivity contribution in [2.75, 3.05) is 65.8 Å². The fraction of sp³-hybridized carbons (Fsp3) is 1.00. The SMILES string of the molecule is CN(C)CCCN1CCN(CCCl)CC1.Cl.Cl.Cl.O. The van der Waals surface area contributed by atoms with Gasteiger partial charge in [0.1, 0.15) is 0 Å². The molecule has 1 heterocycles. The summed E-state index contributed by atoms with van der Waals surface area (Å²) in [5.74, 6) is 0.765. The van der Waals surface area contributed by atoms with Gasteiger partial charge in [-0.05, 0) is 33.6 Å². The third-order valence-corrected chi connectivity index (χ3v) is 3.11. The second-order valence-corrected chi connectivity index (χ2v) is 4.91. The van der Waals surface area contributed by atoms with E-state index in [1.165, 1.54) is 45.7 Å². The number of halogens is 4. The fourth-order valence-corrected chi connectivity index (χ4v) is 2.21. The zero-order chi connectivity index (χ0) is 11.1. The van der Waals surface area contributed by atoms with Crippen LogP contribution in [0.5, 0.6) is 0 Å². The zero-order valence-electron chi connectivity index (χ0n) is 11.8. The quantitative estimate of drug-likeness (QED) is 0.669.